The summed E-state index contributed by atoms with van der Waals surface area (Å²) in [7, 11) is 0. The number of carbonyl (C=O) groups is 1. The van der Waals surface area contributed by atoms with E-state index in [-0.39, 0.29) is 18.3 Å². The van der Waals surface area contributed by atoms with Crippen LogP contribution in [0.15, 0.2) is 18.5 Å². The van der Waals surface area contributed by atoms with Crippen molar-refractivity contribution in [1.29, 1.82) is 0 Å². The lowest BCUT2D eigenvalue weighted by atomic mass is 10.0. The van der Waals surface area contributed by atoms with E-state index in [9.17, 15) is 4.79 Å². The summed E-state index contributed by atoms with van der Waals surface area (Å²) in [6.07, 6.45) is 7.53. The molecular formula is C13H23ClN4O. The number of aryl methyl sites for hydroxylation is 1. The third-order valence-corrected chi connectivity index (χ3v) is 3.39. The van der Waals surface area contributed by atoms with E-state index in [0.29, 0.717) is 12.3 Å². The van der Waals surface area contributed by atoms with Gasteiger partial charge in [0.25, 0.3) is 0 Å². The van der Waals surface area contributed by atoms with Gasteiger partial charge in [-0.2, -0.15) is 5.10 Å². The van der Waals surface area contributed by atoms with Gasteiger partial charge >= 0.3 is 0 Å². The molecule has 2 rings (SSSR count). The van der Waals surface area contributed by atoms with Gasteiger partial charge in [-0.1, -0.05) is 0 Å². The third kappa shape index (κ3) is 6.07. The molecule has 0 bridgehead atoms. The molecule has 1 aliphatic heterocycles. The van der Waals surface area contributed by atoms with Crippen molar-refractivity contribution in [1.82, 2.24) is 20.4 Å². The van der Waals surface area contributed by atoms with E-state index in [1.165, 1.54) is 6.42 Å². The summed E-state index contributed by atoms with van der Waals surface area (Å²) in [6.45, 7) is 3.78. The molecule has 19 heavy (non-hydrogen) atoms. The minimum atomic E-state index is 0. The van der Waals surface area contributed by atoms with Crippen LogP contribution in [0, 0.1) is 5.92 Å². The van der Waals surface area contributed by atoms with E-state index in [1.54, 1.807) is 6.20 Å². The van der Waals surface area contributed by atoms with Crippen molar-refractivity contribution >= 4 is 18.3 Å². The molecule has 1 aromatic heterocycles. The minimum Gasteiger partial charge on any atom is -0.356 e. The van der Waals surface area contributed by atoms with Gasteiger partial charge in [-0.25, -0.2) is 0 Å². The first-order valence-corrected chi connectivity index (χ1v) is 6.79. The highest BCUT2D eigenvalue weighted by Crippen LogP contribution is 2.13. The number of halogens is 1. The summed E-state index contributed by atoms with van der Waals surface area (Å²) in [5.41, 5.74) is 0. The molecule has 0 aliphatic carbocycles. The summed E-state index contributed by atoms with van der Waals surface area (Å²) in [6, 6.07) is 1.91. The summed E-state index contributed by atoms with van der Waals surface area (Å²) in [4.78, 5) is 11.6. The summed E-state index contributed by atoms with van der Waals surface area (Å²) >= 11 is 0. The zero-order chi connectivity index (χ0) is 12.6. The van der Waals surface area contributed by atoms with Gasteiger partial charge in [0.2, 0.25) is 5.91 Å². The molecule has 2 N–H and O–H groups in total. The van der Waals surface area contributed by atoms with E-state index in [0.717, 1.165) is 39.0 Å². The van der Waals surface area contributed by atoms with Gasteiger partial charge in [-0.3, -0.25) is 9.48 Å². The highest BCUT2D eigenvalue weighted by atomic mass is 35.5. The normalized spacial score (nSPS) is 18.0. The number of rotatable bonds is 7. The third-order valence-electron chi connectivity index (χ3n) is 3.39. The first kappa shape index (κ1) is 16.0. The van der Waals surface area contributed by atoms with Crippen molar-refractivity contribution in [3.05, 3.63) is 18.5 Å². The van der Waals surface area contributed by atoms with E-state index in [4.69, 9.17) is 0 Å². The van der Waals surface area contributed by atoms with Crippen molar-refractivity contribution in [3.63, 3.8) is 0 Å². The van der Waals surface area contributed by atoms with Gasteiger partial charge in [-0.05, 0) is 44.3 Å². The van der Waals surface area contributed by atoms with Gasteiger partial charge in [-0.15, -0.1) is 12.4 Å². The molecule has 1 amide bonds. The fourth-order valence-electron chi connectivity index (χ4n) is 2.29. The number of carbonyl (C=O) groups excluding carboxylic acids is 1. The molecule has 1 saturated heterocycles. The van der Waals surface area contributed by atoms with Crippen LogP contribution in [-0.2, 0) is 11.3 Å². The van der Waals surface area contributed by atoms with Crippen LogP contribution in [0.3, 0.4) is 0 Å². The molecule has 0 spiro atoms. The Balaban J connectivity index is 0.00000180. The molecule has 0 radical (unpaired) electrons. The number of aromatic nitrogens is 2. The summed E-state index contributed by atoms with van der Waals surface area (Å²) in [5.74, 6) is 0.877. The van der Waals surface area contributed by atoms with Crippen molar-refractivity contribution in [2.75, 3.05) is 19.6 Å². The largest absolute Gasteiger partial charge is 0.356 e. The first-order chi connectivity index (χ1) is 8.84. The van der Waals surface area contributed by atoms with Crippen molar-refractivity contribution < 1.29 is 4.79 Å². The van der Waals surface area contributed by atoms with Crippen LogP contribution < -0.4 is 10.6 Å². The Morgan fingerprint density at radius 2 is 2.42 bits per heavy atom. The Hall–Kier alpha value is -1.07. The molecule has 6 heteroatoms. The predicted octanol–water partition coefficient (Wildman–Crippen LogP) is 1.20. The molecule has 1 aliphatic rings. The number of nitrogens with zero attached hydrogens (tertiary/aromatic N) is 2. The van der Waals surface area contributed by atoms with Crippen molar-refractivity contribution in [2.45, 2.75) is 32.2 Å². The lowest BCUT2D eigenvalue weighted by Gasteiger charge is -2.08. The second-order valence-corrected chi connectivity index (χ2v) is 4.87. The van der Waals surface area contributed by atoms with E-state index in [1.807, 2.05) is 16.9 Å². The second kappa shape index (κ2) is 8.93. The predicted molar refractivity (Wildman–Crippen MR) is 77.3 cm³/mol. The number of hydrogen-bond acceptors (Lipinski definition) is 3. The van der Waals surface area contributed by atoms with Crippen molar-refractivity contribution in [2.24, 2.45) is 5.92 Å². The monoisotopic (exact) mass is 286 g/mol. The molecule has 5 nitrogen and oxygen atoms in total. The van der Waals surface area contributed by atoms with Gasteiger partial charge < -0.3 is 10.6 Å². The zero-order valence-electron chi connectivity index (χ0n) is 11.2. The van der Waals surface area contributed by atoms with Crippen LogP contribution in [0.25, 0.3) is 0 Å². The average molecular weight is 287 g/mol. The van der Waals surface area contributed by atoms with Crippen LogP contribution in [-0.4, -0.2) is 35.3 Å². The Morgan fingerprint density at radius 1 is 1.53 bits per heavy atom. The van der Waals surface area contributed by atoms with Gasteiger partial charge in [0, 0.05) is 31.9 Å². The highest BCUT2D eigenvalue weighted by molar-refractivity contribution is 5.85. The van der Waals surface area contributed by atoms with Crippen LogP contribution in [0.1, 0.15) is 25.7 Å². The van der Waals surface area contributed by atoms with E-state index >= 15 is 0 Å². The lowest BCUT2D eigenvalue weighted by Crippen LogP contribution is -2.25. The number of hydrogen-bond donors (Lipinski definition) is 2. The zero-order valence-corrected chi connectivity index (χ0v) is 12.0. The van der Waals surface area contributed by atoms with Gasteiger partial charge in [0.05, 0.1) is 0 Å². The number of amides is 1. The minimum absolute atomic E-state index is 0. The molecule has 1 atom stereocenters. The number of nitrogens with one attached hydrogen (secondary N) is 2. The molecule has 2 heterocycles. The molecule has 0 aromatic carbocycles. The van der Waals surface area contributed by atoms with Crippen LogP contribution in [0.2, 0.25) is 0 Å². The highest BCUT2D eigenvalue weighted by Gasteiger charge is 2.15. The van der Waals surface area contributed by atoms with Gasteiger partial charge in [0.15, 0.2) is 0 Å². The molecular weight excluding hydrogens is 264 g/mol. The summed E-state index contributed by atoms with van der Waals surface area (Å²) in [5, 5.41) is 10.4. The SMILES string of the molecule is Cl.O=C(CCC1CCNC1)NCCCn1cccn1. The maximum Gasteiger partial charge on any atom is 0.220 e. The van der Waals surface area contributed by atoms with E-state index < -0.39 is 0 Å². The second-order valence-electron chi connectivity index (χ2n) is 4.87. The average Bonchev–Trinajstić information content (AvgIpc) is 3.04. The van der Waals surface area contributed by atoms with Gasteiger partial charge in [0.1, 0.15) is 0 Å². The molecule has 1 fully saturated rings. The molecule has 0 saturated carbocycles. The van der Waals surface area contributed by atoms with Crippen LogP contribution >= 0.6 is 12.4 Å². The Kier molecular flexibility index (Phi) is 7.52. The standard InChI is InChI=1S/C13H22N4O.ClH/c18-13(4-3-12-5-8-14-11-12)15-6-1-9-17-10-2-7-16-17;/h2,7,10,12,14H,1,3-6,8-9,11H2,(H,15,18);1H. The molecule has 1 unspecified atom stereocenters. The van der Waals surface area contributed by atoms with E-state index in [2.05, 4.69) is 15.7 Å². The quantitative estimate of drug-likeness (QED) is 0.741. The Morgan fingerprint density at radius 3 is 3.11 bits per heavy atom. The lowest BCUT2D eigenvalue weighted by molar-refractivity contribution is -0.121. The Bertz CT molecular complexity index is 350. The first-order valence-electron chi connectivity index (χ1n) is 6.79. The van der Waals surface area contributed by atoms with Crippen molar-refractivity contribution in [3.8, 4) is 0 Å². The molecule has 108 valence electrons. The summed E-state index contributed by atoms with van der Waals surface area (Å²) < 4.78 is 1.89. The topological polar surface area (TPSA) is 59.0 Å². The van der Waals surface area contributed by atoms with Crippen LogP contribution in [0.5, 0.6) is 0 Å². The van der Waals surface area contributed by atoms with Crippen LogP contribution in [0.4, 0.5) is 0 Å². The fraction of sp³-hybridized carbons (Fsp3) is 0.692. The maximum atomic E-state index is 11.6. The smallest absolute Gasteiger partial charge is 0.220 e. The Labute approximate surface area is 120 Å². The maximum absolute atomic E-state index is 11.6. The fourth-order valence-corrected chi connectivity index (χ4v) is 2.29. The molecule has 1 aromatic rings.